The molecule has 0 heterocycles. The van der Waals surface area contributed by atoms with Crippen LogP contribution < -0.4 is 5.32 Å². The smallest absolute Gasteiger partial charge is 0.350 e. The van der Waals surface area contributed by atoms with Crippen molar-refractivity contribution in [2.45, 2.75) is 37.8 Å². The molecule has 0 aromatic rings. The lowest BCUT2D eigenvalue weighted by atomic mass is 9.93. The van der Waals surface area contributed by atoms with Gasteiger partial charge in [0.15, 0.2) is 0 Å². The highest BCUT2D eigenvalue weighted by Gasteiger charge is 2.27. The molecule has 3 N–H and O–H groups in total. The molecule has 0 aromatic carbocycles. The molecular formula is C9H16NO5P. The van der Waals surface area contributed by atoms with E-state index in [4.69, 9.17) is 9.79 Å². The van der Waals surface area contributed by atoms with E-state index in [-0.39, 0.29) is 11.9 Å². The van der Waals surface area contributed by atoms with Crippen LogP contribution in [0.4, 0.5) is 0 Å². The van der Waals surface area contributed by atoms with Gasteiger partial charge >= 0.3 is 7.82 Å². The second-order valence-electron chi connectivity index (χ2n) is 3.78. The minimum Gasteiger partial charge on any atom is -0.350 e. The van der Waals surface area contributed by atoms with Crippen molar-refractivity contribution >= 4 is 13.7 Å². The van der Waals surface area contributed by atoms with E-state index < -0.39 is 13.9 Å². The van der Waals surface area contributed by atoms with Crippen LogP contribution in [0.15, 0.2) is 12.7 Å². The van der Waals surface area contributed by atoms with Crippen LogP contribution in [0.1, 0.15) is 25.7 Å². The summed E-state index contributed by atoms with van der Waals surface area (Å²) in [6, 6.07) is 0.0436. The Balaban J connectivity index is 2.31. The second-order valence-corrected chi connectivity index (χ2v) is 4.97. The number of phosphoric ester groups is 1. The molecule has 1 saturated carbocycles. The summed E-state index contributed by atoms with van der Waals surface area (Å²) in [6.45, 7) is 3.35. The van der Waals surface area contributed by atoms with E-state index in [1.54, 1.807) is 0 Å². The first-order valence-electron chi connectivity index (χ1n) is 5.07. The molecule has 7 heteroatoms. The van der Waals surface area contributed by atoms with Crippen LogP contribution in [0.2, 0.25) is 0 Å². The highest BCUT2D eigenvalue weighted by Crippen LogP contribution is 2.40. The molecule has 6 nitrogen and oxygen atoms in total. The molecule has 92 valence electrons. The van der Waals surface area contributed by atoms with Gasteiger partial charge in [-0.25, -0.2) is 4.57 Å². The van der Waals surface area contributed by atoms with E-state index >= 15 is 0 Å². The lowest BCUT2D eigenvalue weighted by Gasteiger charge is -2.28. The Labute approximate surface area is 93.9 Å². The third kappa shape index (κ3) is 4.90. The number of hydrogen-bond donors (Lipinski definition) is 3. The zero-order chi connectivity index (χ0) is 12.2. The first-order valence-corrected chi connectivity index (χ1v) is 6.60. The minimum atomic E-state index is -4.39. The molecule has 0 bridgehead atoms. The number of amides is 1. The largest absolute Gasteiger partial charge is 0.469 e. The van der Waals surface area contributed by atoms with Crippen LogP contribution in [0.3, 0.4) is 0 Å². The second kappa shape index (κ2) is 5.59. The molecule has 1 fully saturated rings. The Kier molecular flexibility index (Phi) is 4.68. The fraction of sp³-hybridized carbons (Fsp3) is 0.667. The number of carbonyl (C=O) groups excluding carboxylic acids is 1. The number of nitrogens with one attached hydrogen (secondary N) is 1. The van der Waals surface area contributed by atoms with Gasteiger partial charge in [-0.05, 0) is 31.8 Å². The summed E-state index contributed by atoms with van der Waals surface area (Å²) in [5, 5.41) is 2.75. The van der Waals surface area contributed by atoms with Crippen molar-refractivity contribution in [3.63, 3.8) is 0 Å². The standard InChI is InChI=1S/C9H16NO5P/c1-2-9(11)10-7-3-5-8(6-4-7)15-16(12,13)14/h2,7-8H,1,3-6H2,(H,10,11)(H2,12,13,14). The first-order chi connectivity index (χ1) is 7.40. The Hall–Kier alpha value is -0.680. The molecule has 0 saturated heterocycles. The Bertz CT molecular complexity index is 305. The van der Waals surface area contributed by atoms with Crippen LogP contribution in [0, 0.1) is 0 Å². The molecule has 0 unspecified atom stereocenters. The van der Waals surface area contributed by atoms with Crippen molar-refractivity contribution in [1.29, 1.82) is 0 Å². The Morgan fingerprint density at radius 1 is 1.38 bits per heavy atom. The van der Waals surface area contributed by atoms with Gasteiger partial charge in [0, 0.05) is 6.04 Å². The summed E-state index contributed by atoms with van der Waals surface area (Å²) in [5.74, 6) is -0.223. The number of carbonyl (C=O) groups is 1. The molecule has 0 atom stereocenters. The molecule has 1 aliphatic rings. The van der Waals surface area contributed by atoms with Gasteiger partial charge in [0.25, 0.3) is 0 Å². The maximum Gasteiger partial charge on any atom is 0.469 e. The normalized spacial score (nSPS) is 26.1. The molecule has 0 radical (unpaired) electrons. The van der Waals surface area contributed by atoms with Gasteiger partial charge in [-0.2, -0.15) is 0 Å². The monoisotopic (exact) mass is 249 g/mol. The summed E-state index contributed by atoms with van der Waals surface area (Å²) < 4.78 is 15.2. The zero-order valence-corrected chi connectivity index (χ0v) is 9.73. The van der Waals surface area contributed by atoms with Gasteiger partial charge in [0.2, 0.25) is 5.91 Å². The highest BCUT2D eigenvalue weighted by atomic mass is 31.2. The fourth-order valence-electron chi connectivity index (χ4n) is 1.77. The lowest BCUT2D eigenvalue weighted by Crippen LogP contribution is -2.38. The van der Waals surface area contributed by atoms with Gasteiger partial charge in [-0.3, -0.25) is 9.32 Å². The zero-order valence-electron chi connectivity index (χ0n) is 8.83. The van der Waals surface area contributed by atoms with Gasteiger partial charge in [0.1, 0.15) is 0 Å². The van der Waals surface area contributed by atoms with Crippen LogP contribution >= 0.6 is 7.82 Å². The van der Waals surface area contributed by atoms with Crippen molar-refractivity contribution in [1.82, 2.24) is 5.32 Å². The topological polar surface area (TPSA) is 95.9 Å². The molecule has 1 rings (SSSR count). The Morgan fingerprint density at radius 2 is 1.94 bits per heavy atom. The molecule has 16 heavy (non-hydrogen) atoms. The number of hydrogen-bond acceptors (Lipinski definition) is 3. The van der Waals surface area contributed by atoms with Crippen molar-refractivity contribution < 1.29 is 23.7 Å². The van der Waals surface area contributed by atoms with Crippen LogP contribution in [0.25, 0.3) is 0 Å². The van der Waals surface area contributed by atoms with E-state index in [0.29, 0.717) is 25.7 Å². The summed E-state index contributed by atoms with van der Waals surface area (Å²) in [5.41, 5.74) is 0. The predicted molar refractivity (Wildman–Crippen MR) is 57.5 cm³/mol. The predicted octanol–water partition coefficient (Wildman–Crippen LogP) is 0.709. The van der Waals surface area contributed by atoms with E-state index in [9.17, 15) is 9.36 Å². The molecule has 0 aliphatic heterocycles. The minimum absolute atomic E-state index is 0.0436. The van der Waals surface area contributed by atoms with Crippen LogP contribution in [-0.4, -0.2) is 27.8 Å². The summed E-state index contributed by atoms with van der Waals surface area (Å²) >= 11 is 0. The maximum atomic E-state index is 11.0. The first kappa shape index (κ1) is 13.4. The molecule has 0 aromatic heterocycles. The fourth-order valence-corrected chi connectivity index (χ4v) is 2.37. The molecular weight excluding hydrogens is 233 g/mol. The SMILES string of the molecule is C=CC(=O)NC1CCC(OP(=O)(O)O)CC1. The van der Waals surface area contributed by atoms with Crippen molar-refractivity contribution in [3.05, 3.63) is 12.7 Å². The lowest BCUT2D eigenvalue weighted by molar-refractivity contribution is -0.117. The molecule has 1 amide bonds. The number of rotatable bonds is 4. The highest BCUT2D eigenvalue weighted by molar-refractivity contribution is 7.46. The van der Waals surface area contributed by atoms with Gasteiger partial charge in [0.05, 0.1) is 6.10 Å². The maximum absolute atomic E-state index is 11.0. The molecule has 1 aliphatic carbocycles. The van der Waals surface area contributed by atoms with Gasteiger partial charge in [-0.1, -0.05) is 6.58 Å². The van der Waals surface area contributed by atoms with Crippen LogP contribution in [-0.2, 0) is 13.9 Å². The molecule has 0 spiro atoms. The van der Waals surface area contributed by atoms with E-state index in [0.717, 1.165) is 0 Å². The van der Waals surface area contributed by atoms with E-state index in [1.165, 1.54) is 6.08 Å². The van der Waals surface area contributed by atoms with Gasteiger partial charge in [-0.15, -0.1) is 0 Å². The van der Waals surface area contributed by atoms with Crippen LogP contribution in [0.5, 0.6) is 0 Å². The summed E-state index contributed by atoms with van der Waals surface area (Å²) in [6.07, 6.45) is 3.17. The average molecular weight is 249 g/mol. The van der Waals surface area contributed by atoms with Crippen molar-refractivity contribution in [2.75, 3.05) is 0 Å². The summed E-state index contributed by atoms with van der Waals surface area (Å²) in [4.78, 5) is 28.3. The van der Waals surface area contributed by atoms with Gasteiger partial charge < -0.3 is 15.1 Å². The number of phosphoric acid groups is 1. The Morgan fingerprint density at radius 3 is 2.38 bits per heavy atom. The van der Waals surface area contributed by atoms with E-state index in [1.807, 2.05) is 0 Å². The summed E-state index contributed by atoms with van der Waals surface area (Å²) in [7, 11) is -4.39. The van der Waals surface area contributed by atoms with E-state index in [2.05, 4.69) is 16.4 Å². The third-order valence-electron chi connectivity index (χ3n) is 2.49. The quantitative estimate of drug-likeness (QED) is 0.503. The van der Waals surface area contributed by atoms with Crippen molar-refractivity contribution in [2.24, 2.45) is 0 Å². The average Bonchev–Trinajstić information content (AvgIpc) is 2.18. The third-order valence-corrected chi connectivity index (χ3v) is 3.07. The van der Waals surface area contributed by atoms with Crippen molar-refractivity contribution in [3.8, 4) is 0 Å².